The van der Waals surface area contributed by atoms with E-state index in [0.717, 1.165) is 23.2 Å². The maximum Gasteiger partial charge on any atom is -0.0264 e. The molecule has 0 radical (unpaired) electrons. The van der Waals surface area contributed by atoms with Crippen molar-refractivity contribution in [1.82, 2.24) is 0 Å². The van der Waals surface area contributed by atoms with Gasteiger partial charge in [-0.25, -0.2) is 0 Å². The Morgan fingerprint density at radius 3 is 2.50 bits per heavy atom. The third kappa shape index (κ3) is 0.900. The summed E-state index contributed by atoms with van der Waals surface area (Å²) >= 11 is 0. The van der Waals surface area contributed by atoms with Gasteiger partial charge in [0.1, 0.15) is 0 Å². The molecule has 0 amide bonds. The van der Waals surface area contributed by atoms with Crippen molar-refractivity contribution in [3.63, 3.8) is 0 Å². The van der Waals surface area contributed by atoms with Gasteiger partial charge in [0.25, 0.3) is 0 Å². The molecule has 3 aliphatic rings. The Morgan fingerprint density at radius 1 is 1.17 bits per heavy atom. The van der Waals surface area contributed by atoms with E-state index < -0.39 is 0 Å². The zero-order valence-corrected chi connectivity index (χ0v) is 8.77. The van der Waals surface area contributed by atoms with Crippen LogP contribution in [-0.2, 0) is 0 Å². The maximum absolute atomic E-state index is 2.55. The minimum Gasteiger partial charge on any atom is -0.0651 e. The fourth-order valence-corrected chi connectivity index (χ4v) is 4.22. The molecule has 2 bridgehead atoms. The molecule has 0 saturated heterocycles. The molecule has 0 heteroatoms. The van der Waals surface area contributed by atoms with Crippen LogP contribution in [-0.4, -0.2) is 0 Å². The van der Waals surface area contributed by atoms with Crippen molar-refractivity contribution in [3.8, 4) is 0 Å². The summed E-state index contributed by atoms with van der Waals surface area (Å²) in [6.45, 7) is 7.30. The minimum absolute atomic E-state index is 0.756. The van der Waals surface area contributed by atoms with Crippen LogP contribution >= 0.6 is 0 Å². The monoisotopic (exact) mass is 166 g/mol. The van der Waals surface area contributed by atoms with Gasteiger partial charge in [-0.05, 0) is 42.4 Å². The van der Waals surface area contributed by atoms with Gasteiger partial charge in [-0.3, -0.25) is 0 Å². The van der Waals surface area contributed by atoms with Gasteiger partial charge < -0.3 is 0 Å². The molecule has 0 aromatic rings. The molecule has 0 spiro atoms. The lowest BCUT2D eigenvalue weighted by molar-refractivity contribution is -0.126. The van der Waals surface area contributed by atoms with Crippen LogP contribution in [0.2, 0.25) is 0 Å². The molecule has 0 aliphatic heterocycles. The quantitative estimate of drug-likeness (QED) is 0.584. The van der Waals surface area contributed by atoms with Crippen molar-refractivity contribution in [1.29, 1.82) is 0 Å². The summed E-state index contributed by atoms with van der Waals surface area (Å²) in [4.78, 5) is 0. The zero-order chi connectivity index (χ0) is 8.77. The Morgan fingerprint density at radius 2 is 1.92 bits per heavy atom. The molecule has 4 atom stereocenters. The fourth-order valence-electron chi connectivity index (χ4n) is 4.22. The van der Waals surface area contributed by atoms with Gasteiger partial charge in [0.05, 0.1) is 0 Å². The largest absolute Gasteiger partial charge is 0.0651 e. The first-order valence-electron chi connectivity index (χ1n) is 5.72. The number of hydrogen-bond acceptors (Lipinski definition) is 0. The highest BCUT2D eigenvalue weighted by Gasteiger charge is 2.55. The van der Waals surface area contributed by atoms with Crippen molar-refractivity contribution in [3.05, 3.63) is 0 Å². The van der Waals surface area contributed by atoms with E-state index in [-0.39, 0.29) is 0 Å². The van der Waals surface area contributed by atoms with Crippen LogP contribution in [0.25, 0.3) is 0 Å². The Hall–Kier alpha value is 0. The van der Waals surface area contributed by atoms with Gasteiger partial charge in [0.2, 0.25) is 0 Å². The number of rotatable bonds is 2. The SMILES string of the molecule is CCC1CCC2CC1(C)C2CC. The van der Waals surface area contributed by atoms with Gasteiger partial charge in [0.15, 0.2) is 0 Å². The molecule has 0 nitrogen and oxygen atoms in total. The molecule has 0 N–H and O–H groups in total. The van der Waals surface area contributed by atoms with E-state index in [4.69, 9.17) is 0 Å². The van der Waals surface area contributed by atoms with Crippen LogP contribution < -0.4 is 0 Å². The van der Waals surface area contributed by atoms with Crippen molar-refractivity contribution in [2.24, 2.45) is 23.2 Å². The first kappa shape index (κ1) is 8.59. The van der Waals surface area contributed by atoms with Crippen LogP contribution in [0, 0.1) is 23.2 Å². The molecule has 3 rings (SSSR count). The topological polar surface area (TPSA) is 0 Å². The second-order valence-electron chi connectivity index (χ2n) is 5.17. The van der Waals surface area contributed by atoms with Gasteiger partial charge >= 0.3 is 0 Å². The van der Waals surface area contributed by atoms with Crippen molar-refractivity contribution < 1.29 is 0 Å². The second-order valence-corrected chi connectivity index (χ2v) is 5.17. The van der Waals surface area contributed by atoms with Gasteiger partial charge in [-0.1, -0.05) is 33.6 Å². The Balaban J connectivity index is 2.12. The summed E-state index contributed by atoms with van der Waals surface area (Å²) in [5.74, 6) is 3.24. The summed E-state index contributed by atoms with van der Waals surface area (Å²) in [5.41, 5.74) is 0.756. The maximum atomic E-state index is 2.55. The summed E-state index contributed by atoms with van der Waals surface area (Å²) in [7, 11) is 0. The third-order valence-electron chi connectivity index (χ3n) is 4.87. The molecule has 0 aromatic carbocycles. The molecule has 4 unspecified atom stereocenters. The molecular formula is C12H22. The highest BCUT2D eigenvalue weighted by molar-refractivity contribution is 5.04. The van der Waals surface area contributed by atoms with Crippen molar-refractivity contribution in [2.45, 2.75) is 52.9 Å². The highest BCUT2D eigenvalue weighted by Crippen LogP contribution is 2.64. The van der Waals surface area contributed by atoms with E-state index in [9.17, 15) is 0 Å². The second kappa shape index (κ2) is 2.75. The number of hydrogen-bond donors (Lipinski definition) is 0. The highest BCUT2D eigenvalue weighted by atomic mass is 14.6. The molecule has 70 valence electrons. The lowest BCUT2D eigenvalue weighted by atomic mass is 9.43. The van der Waals surface area contributed by atoms with Crippen LogP contribution in [0.5, 0.6) is 0 Å². The van der Waals surface area contributed by atoms with E-state index in [1.807, 2.05) is 0 Å². The summed E-state index contributed by atoms with van der Waals surface area (Å²) in [6.07, 6.45) is 7.45. The standard InChI is InChI=1S/C12H22/c1-4-10-7-6-9-8-12(10,3)11(9)5-2/h9-11H,4-8H2,1-3H3. The Labute approximate surface area is 76.7 Å². The van der Waals surface area contributed by atoms with E-state index in [1.165, 1.54) is 25.7 Å². The minimum atomic E-state index is 0.756. The first-order chi connectivity index (χ1) is 5.72. The van der Waals surface area contributed by atoms with E-state index >= 15 is 0 Å². The van der Waals surface area contributed by atoms with Gasteiger partial charge in [-0.15, -0.1) is 0 Å². The normalized spacial score (nSPS) is 51.8. The van der Waals surface area contributed by atoms with Crippen LogP contribution in [0.4, 0.5) is 0 Å². The van der Waals surface area contributed by atoms with Crippen molar-refractivity contribution in [2.75, 3.05) is 0 Å². The lowest BCUT2D eigenvalue weighted by Gasteiger charge is -2.62. The zero-order valence-electron chi connectivity index (χ0n) is 8.77. The summed E-state index contributed by atoms with van der Waals surface area (Å²) in [6, 6.07) is 0. The molecule has 12 heavy (non-hydrogen) atoms. The fraction of sp³-hybridized carbons (Fsp3) is 1.00. The Kier molecular flexibility index (Phi) is 1.97. The lowest BCUT2D eigenvalue weighted by Crippen LogP contribution is -2.54. The average Bonchev–Trinajstić information content (AvgIpc) is 2.04. The summed E-state index contributed by atoms with van der Waals surface area (Å²) < 4.78 is 0. The van der Waals surface area contributed by atoms with Crippen LogP contribution in [0.15, 0.2) is 0 Å². The van der Waals surface area contributed by atoms with E-state index in [2.05, 4.69) is 20.8 Å². The smallest absolute Gasteiger partial charge is 0.0264 e. The molecule has 0 heterocycles. The van der Waals surface area contributed by atoms with Crippen LogP contribution in [0.1, 0.15) is 52.9 Å². The van der Waals surface area contributed by atoms with Gasteiger partial charge in [0, 0.05) is 0 Å². The van der Waals surface area contributed by atoms with Crippen LogP contribution in [0.3, 0.4) is 0 Å². The van der Waals surface area contributed by atoms with Gasteiger partial charge in [-0.2, -0.15) is 0 Å². The summed E-state index contributed by atoms with van der Waals surface area (Å²) in [5, 5.41) is 0. The molecule has 3 saturated carbocycles. The molecule has 3 fully saturated rings. The van der Waals surface area contributed by atoms with E-state index in [0.29, 0.717) is 0 Å². The average molecular weight is 166 g/mol. The third-order valence-corrected chi connectivity index (χ3v) is 4.87. The first-order valence-corrected chi connectivity index (χ1v) is 5.72. The predicted octanol–water partition coefficient (Wildman–Crippen LogP) is 3.86. The predicted molar refractivity (Wildman–Crippen MR) is 53.0 cm³/mol. The number of fused-ring (bicyclic) bond motifs is 2. The molecule has 3 aliphatic carbocycles. The Bertz CT molecular complexity index is 165. The molecule has 0 aromatic heterocycles. The molecular weight excluding hydrogens is 144 g/mol. The van der Waals surface area contributed by atoms with E-state index in [1.54, 1.807) is 6.42 Å². The van der Waals surface area contributed by atoms with Crippen molar-refractivity contribution >= 4 is 0 Å².